The average molecular weight is 285 g/mol. The molecule has 0 spiro atoms. The molecule has 7 heteroatoms. The SMILES string of the molecule is Nc1ccc(S(N)(=O)=O)cc1NCCC1CCOC1. The second-order valence-corrected chi connectivity index (χ2v) is 6.30. The van der Waals surface area contributed by atoms with Gasteiger partial charge in [-0.15, -0.1) is 0 Å². The van der Waals surface area contributed by atoms with Gasteiger partial charge in [0.2, 0.25) is 10.0 Å². The molecule has 0 aromatic heterocycles. The minimum absolute atomic E-state index is 0.0633. The van der Waals surface area contributed by atoms with Crippen LogP contribution in [0.5, 0.6) is 0 Å². The monoisotopic (exact) mass is 285 g/mol. The molecule has 106 valence electrons. The number of anilines is 2. The molecule has 1 aliphatic rings. The molecule has 0 radical (unpaired) electrons. The van der Waals surface area contributed by atoms with Gasteiger partial charge in [0.1, 0.15) is 0 Å². The lowest BCUT2D eigenvalue weighted by atomic mass is 10.1. The molecule has 1 aromatic rings. The Morgan fingerprint density at radius 3 is 2.84 bits per heavy atom. The van der Waals surface area contributed by atoms with Crippen molar-refractivity contribution >= 4 is 21.4 Å². The van der Waals surface area contributed by atoms with Crippen molar-refractivity contribution < 1.29 is 13.2 Å². The van der Waals surface area contributed by atoms with Gasteiger partial charge in [-0.1, -0.05) is 0 Å². The molecule has 2 rings (SSSR count). The summed E-state index contributed by atoms with van der Waals surface area (Å²) in [7, 11) is -3.70. The fourth-order valence-corrected chi connectivity index (χ4v) is 2.63. The van der Waals surface area contributed by atoms with Crippen LogP contribution in [0.4, 0.5) is 11.4 Å². The lowest BCUT2D eigenvalue weighted by molar-refractivity contribution is 0.185. The van der Waals surface area contributed by atoms with Crippen LogP contribution >= 0.6 is 0 Å². The number of hydrogen-bond acceptors (Lipinski definition) is 5. The van der Waals surface area contributed by atoms with Crippen LogP contribution < -0.4 is 16.2 Å². The van der Waals surface area contributed by atoms with Gasteiger partial charge in [0.25, 0.3) is 0 Å². The lowest BCUT2D eigenvalue weighted by Gasteiger charge is -2.12. The Morgan fingerprint density at radius 1 is 1.42 bits per heavy atom. The number of ether oxygens (including phenoxy) is 1. The molecule has 1 heterocycles. The summed E-state index contributed by atoms with van der Waals surface area (Å²) in [5, 5.41) is 8.24. The van der Waals surface area contributed by atoms with Crippen LogP contribution in [0, 0.1) is 5.92 Å². The van der Waals surface area contributed by atoms with E-state index >= 15 is 0 Å². The standard InChI is InChI=1S/C12H19N3O3S/c13-11-2-1-10(19(14,16)17)7-12(11)15-5-3-9-4-6-18-8-9/h1-2,7,9,15H,3-6,8,13H2,(H2,14,16,17). The maximum atomic E-state index is 11.3. The third-order valence-electron chi connectivity index (χ3n) is 3.25. The second-order valence-electron chi connectivity index (χ2n) is 4.74. The highest BCUT2D eigenvalue weighted by Gasteiger charge is 2.15. The summed E-state index contributed by atoms with van der Waals surface area (Å²) in [5.41, 5.74) is 6.92. The second kappa shape index (κ2) is 5.77. The molecule has 1 unspecified atom stereocenters. The van der Waals surface area contributed by atoms with E-state index in [1.165, 1.54) is 12.1 Å². The Hall–Kier alpha value is -1.31. The van der Waals surface area contributed by atoms with Crippen molar-refractivity contribution in [1.82, 2.24) is 0 Å². The van der Waals surface area contributed by atoms with Gasteiger partial charge in [0.15, 0.2) is 0 Å². The van der Waals surface area contributed by atoms with Crippen LogP contribution in [0.25, 0.3) is 0 Å². The summed E-state index contributed by atoms with van der Waals surface area (Å²) >= 11 is 0. The molecule has 5 N–H and O–H groups in total. The largest absolute Gasteiger partial charge is 0.397 e. The number of nitrogens with two attached hydrogens (primary N) is 2. The zero-order valence-corrected chi connectivity index (χ0v) is 11.4. The van der Waals surface area contributed by atoms with Gasteiger partial charge in [-0.2, -0.15) is 0 Å². The van der Waals surface area contributed by atoms with Crippen molar-refractivity contribution in [3.8, 4) is 0 Å². The summed E-state index contributed by atoms with van der Waals surface area (Å²) in [5.74, 6) is 0.565. The molecular weight excluding hydrogens is 266 g/mol. The van der Waals surface area contributed by atoms with Crippen molar-refractivity contribution in [3.05, 3.63) is 18.2 Å². The van der Waals surface area contributed by atoms with Crippen LogP contribution in [0.1, 0.15) is 12.8 Å². The van der Waals surface area contributed by atoms with E-state index in [9.17, 15) is 8.42 Å². The Kier molecular flexibility index (Phi) is 4.28. The Bertz CT molecular complexity index is 539. The van der Waals surface area contributed by atoms with Gasteiger partial charge >= 0.3 is 0 Å². The zero-order chi connectivity index (χ0) is 13.9. The Balaban J connectivity index is 1.98. The van der Waals surface area contributed by atoms with E-state index in [0.29, 0.717) is 17.3 Å². The zero-order valence-electron chi connectivity index (χ0n) is 10.6. The Labute approximate surface area is 113 Å². The number of primary sulfonamides is 1. The first kappa shape index (κ1) is 14.1. The van der Waals surface area contributed by atoms with Crippen LogP contribution in [0.3, 0.4) is 0 Å². The summed E-state index contributed by atoms with van der Waals surface area (Å²) in [6.07, 6.45) is 2.05. The van der Waals surface area contributed by atoms with Crippen LogP contribution in [0.15, 0.2) is 23.1 Å². The predicted molar refractivity (Wildman–Crippen MR) is 74.3 cm³/mol. The summed E-state index contributed by atoms with van der Waals surface area (Å²) < 4.78 is 27.8. The smallest absolute Gasteiger partial charge is 0.238 e. The molecule has 1 saturated heterocycles. The number of benzene rings is 1. The first-order valence-corrected chi connectivity index (χ1v) is 7.75. The minimum atomic E-state index is -3.70. The highest BCUT2D eigenvalue weighted by Crippen LogP contribution is 2.23. The topological polar surface area (TPSA) is 107 Å². The van der Waals surface area contributed by atoms with Gasteiger partial charge in [-0.3, -0.25) is 0 Å². The fourth-order valence-electron chi connectivity index (χ4n) is 2.09. The fraction of sp³-hybridized carbons (Fsp3) is 0.500. The highest BCUT2D eigenvalue weighted by molar-refractivity contribution is 7.89. The van der Waals surface area contributed by atoms with E-state index in [4.69, 9.17) is 15.6 Å². The van der Waals surface area contributed by atoms with E-state index in [1.54, 1.807) is 6.07 Å². The van der Waals surface area contributed by atoms with E-state index in [0.717, 1.165) is 32.6 Å². The maximum absolute atomic E-state index is 11.3. The van der Waals surface area contributed by atoms with Crippen molar-refractivity contribution in [2.75, 3.05) is 30.8 Å². The molecule has 1 fully saturated rings. The third-order valence-corrected chi connectivity index (χ3v) is 4.16. The van der Waals surface area contributed by atoms with Crippen LogP contribution in [-0.2, 0) is 14.8 Å². The molecule has 1 aromatic carbocycles. The number of rotatable bonds is 5. The summed E-state index contributed by atoms with van der Waals surface area (Å²) in [6.45, 7) is 2.36. The quantitative estimate of drug-likeness (QED) is 0.692. The number of sulfonamides is 1. The first-order valence-electron chi connectivity index (χ1n) is 6.21. The molecule has 0 aliphatic carbocycles. The van der Waals surface area contributed by atoms with Crippen molar-refractivity contribution in [3.63, 3.8) is 0 Å². The Morgan fingerprint density at radius 2 is 2.21 bits per heavy atom. The molecule has 1 atom stereocenters. The maximum Gasteiger partial charge on any atom is 0.238 e. The van der Waals surface area contributed by atoms with Gasteiger partial charge in [0, 0.05) is 19.8 Å². The number of hydrogen-bond donors (Lipinski definition) is 3. The molecule has 6 nitrogen and oxygen atoms in total. The van der Waals surface area contributed by atoms with E-state index < -0.39 is 10.0 Å². The number of nitrogens with one attached hydrogen (secondary N) is 1. The third kappa shape index (κ3) is 3.82. The van der Waals surface area contributed by atoms with Crippen molar-refractivity contribution in [1.29, 1.82) is 0 Å². The molecule has 0 bridgehead atoms. The lowest BCUT2D eigenvalue weighted by Crippen LogP contribution is -2.14. The molecular formula is C12H19N3O3S. The summed E-state index contributed by atoms with van der Waals surface area (Å²) in [4.78, 5) is 0.0633. The molecule has 1 aliphatic heterocycles. The van der Waals surface area contributed by atoms with Gasteiger partial charge in [-0.25, -0.2) is 13.6 Å². The first-order chi connectivity index (χ1) is 8.97. The van der Waals surface area contributed by atoms with Crippen molar-refractivity contribution in [2.45, 2.75) is 17.7 Å². The van der Waals surface area contributed by atoms with Crippen LogP contribution in [0.2, 0.25) is 0 Å². The van der Waals surface area contributed by atoms with Gasteiger partial charge < -0.3 is 15.8 Å². The normalized spacial score (nSPS) is 19.5. The van der Waals surface area contributed by atoms with Crippen LogP contribution in [-0.4, -0.2) is 28.2 Å². The highest BCUT2D eigenvalue weighted by atomic mass is 32.2. The molecule has 0 saturated carbocycles. The molecule has 0 amide bonds. The summed E-state index contributed by atoms with van der Waals surface area (Å²) in [6, 6.07) is 4.41. The van der Waals surface area contributed by atoms with E-state index in [2.05, 4.69) is 5.32 Å². The number of nitrogen functional groups attached to an aromatic ring is 1. The molecule has 19 heavy (non-hydrogen) atoms. The van der Waals surface area contributed by atoms with Gasteiger partial charge in [-0.05, 0) is 37.0 Å². The minimum Gasteiger partial charge on any atom is -0.397 e. The van der Waals surface area contributed by atoms with Gasteiger partial charge in [0.05, 0.1) is 16.3 Å². The predicted octanol–water partition coefficient (Wildman–Crippen LogP) is 0.755. The average Bonchev–Trinajstić information content (AvgIpc) is 2.83. The van der Waals surface area contributed by atoms with E-state index in [1.807, 2.05) is 0 Å². The van der Waals surface area contributed by atoms with E-state index in [-0.39, 0.29) is 4.90 Å². The van der Waals surface area contributed by atoms with Crippen molar-refractivity contribution in [2.24, 2.45) is 11.1 Å².